The van der Waals surface area contributed by atoms with Gasteiger partial charge in [0.2, 0.25) is 10.0 Å². The van der Waals surface area contributed by atoms with Crippen LogP contribution in [0.15, 0.2) is 53.4 Å². The van der Waals surface area contributed by atoms with Crippen LogP contribution in [-0.2, 0) is 21.2 Å². The third kappa shape index (κ3) is 6.35. The largest absolute Gasteiger partial charge is 0.497 e. The second kappa shape index (κ2) is 10.1. The summed E-state index contributed by atoms with van der Waals surface area (Å²) < 4.78 is 37.6. The fraction of sp³-hybridized carbons (Fsp3) is 0.316. The predicted molar refractivity (Wildman–Crippen MR) is 103 cm³/mol. The third-order valence-corrected chi connectivity index (χ3v) is 5.30. The molecule has 146 valence electrons. The number of hydrogen-bond acceptors (Lipinski definition) is 5. The maximum Gasteiger partial charge on any atom is 0.251 e. The maximum atomic E-state index is 12.5. The van der Waals surface area contributed by atoms with E-state index < -0.39 is 10.0 Å². The highest BCUT2D eigenvalue weighted by Crippen LogP contribution is 2.14. The van der Waals surface area contributed by atoms with Crippen LogP contribution in [0, 0.1) is 0 Å². The van der Waals surface area contributed by atoms with Gasteiger partial charge < -0.3 is 14.8 Å². The summed E-state index contributed by atoms with van der Waals surface area (Å²) in [7, 11) is -0.591. The van der Waals surface area contributed by atoms with Gasteiger partial charge in [0.05, 0.1) is 18.6 Å². The molecule has 0 fully saturated rings. The molecule has 0 spiro atoms. The highest BCUT2D eigenvalue weighted by molar-refractivity contribution is 7.89. The van der Waals surface area contributed by atoms with E-state index in [1.807, 2.05) is 24.3 Å². The molecular formula is C19H24N2O5S. The van der Waals surface area contributed by atoms with Crippen molar-refractivity contribution in [2.45, 2.75) is 11.3 Å². The molecule has 0 saturated carbocycles. The van der Waals surface area contributed by atoms with Gasteiger partial charge in [-0.05, 0) is 42.3 Å². The van der Waals surface area contributed by atoms with E-state index in [1.165, 1.54) is 19.2 Å². The lowest BCUT2D eigenvalue weighted by atomic mass is 10.1. The Morgan fingerprint density at radius 2 is 1.81 bits per heavy atom. The van der Waals surface area contributed by atoms with Crippen molar-refractivity contribution in [3.8, 4) is 5.75 Å². The van der Waals surface area contributed by atoms with Gasteiger partial charge >= 0.3 is 0 Å². The fourth-order valence-corrected chi connectivity index (χ4v) is 3.49. The smallest absolute Gasteiger partial charge is 0.251 e. The molecule has 0 aliphatic heterocycles. The molecule has 2 aromatic rings. The number of rotatable bonds is 10. The molecule has 0 saturated heterocycles. The molecule has 1 amide bonds. The lowest BCUT2D eigenvalue weighted by Gasteiger charge is -2.09. The molecule has 0 radical (unpaired) electrons. The number of carbonyl (C=O) groups is 1. The molecule has 2 N–H and O–H groups in total. The molecule has 0 bridgehead atoms. The van der Waals surface area contributed by atoms with Crippen LogP contribution in [0.2, 0.25) is 0 Å². The number of carbonyl (C=O) groups excluding carboxylic acids is 1. The van der Waals surface area contributed by atoms with Crippen molar-refractivity contribution >= 4 is 15.9 Å². The maximum absolute atomic E-state index is 12.5. The van der Waals surface area contributed by atoms with Crippen molar-refractivity contribution in [2.24, 2.45) is 0 Å². The molecule has 8 heteroatoms. The Bertz CT molecular complexity index is 868. The summed E-state index contributed by atoms with van der Waals surface area (Å²) in [6.45, 7) is 0.973. The number of hydrogen-bond donors (Lipinski definition) is 2. The summed E-state index contributed by atoms with van der Waals surface area (Å²) in [5.41, 5.74) is 1.24. The van der Waals surface area contributed by atoms with E-state index >= 15 is 0 Å². The van der Waals surface area contributed by atoms with Crippen LogP contribution in [0.1, 0.15) is 15.9 Å². The highest BCUT2D eigenvalue weighted by Gasteiger charge is 2.16. The summed E-state index contributed by atoms with van der Waals surface area (Å²) >= 11 is 0. The van der Waals surface area contributed by atoms with Gasteiger partial charge in [-0.25, -0.2) is 13.1 Å². The third-order valence-electron chi connectivity index (χ3n) is 3.84. The van der Waals surface area contributed by atoms with Gasteiger partial charge in [0.1, 0.15) is 5.75 Å². The molecule has 2 aromatic carbocycles. The Kier molecular flexibility index (Phi) is 7.78. The number of nitrogens with one attached hydrogen (secondary N) is 2. The van der Waals surface area contributed by atoms with Crippen LogP contribution < -0.4 is 14.8 Å². The van der Waals surface area contributed by atoms with Crippen molar-refractivity contribution in [1.82, 2.24) is 10.0 Å². The van der Waals surface area contributed by atoms with Gasteiger partial charge in [-0.15, -0.1) is 0 Å². The van der Waals surface area contributed by atoms with E-state index in [-0.39, 0.29) is 22.9 Å². The first-order chi connectivity index (χ1) is 13.0. The van der Waals surface area contributed by atoms with Crippen LogP contribution in [0.4, 0.5) is 0 Å². The lowest BCUT2D eigenvalue weighted by molar-refractivity contribution is 0.0937. The summed E-state index contributed by atoms with van der Waals surface area (Å²) in [5, 5.41) is 2.66. The van der Waals surface area contributed by atoms with Gasteiger partial charge in [-0.2, -0.15) is 0 Å². The van der Waals surface area contributed by atoms with E-state index in [9.17, 15) is 13.2 Å². The van der Waals surface area contributed by atoms with E-state index in [2.05, 4.69) is 10.0 Å². The first-order valence-corrected chi connectivity index (χ1v) is 9.94. The molecule has 0 atom stereocenters. The highest BCUT2D eigenvalue weighted by atomic mass is 32.2. The van der Waals surface area contributed by atoms with Crippen molar-refractivity contribution in [1.29, 1.82) is 0 Å². The van der Waals surface area contributed by atoms with E-state index in [1.54, 1.807) is 19.2 Å². The van der Waals surface area contributed by atoms with Crippen LogP contribution in [-0.4, -0.2) is 48.2 Å². The Hall–Kier alpha value is -2.42. The second-order valence-corrected chi connectivity index (χ2v) is 7.54. The van der Waals surface area contributed by atoms with Crippen LogP contribution in [0.25, 0.3) is 0 Å². The minimum atomic E-state index is -3.71. The van der Waals surface area contributed by atoms with E-state index in [4.69, 9.17) is 9.47 Å². The Morgan fingerprint density at radius 3 is 2.56 bits per heavy atom. The minimum Gasteiger partial charge on any atom is -0.497 e. The van der Waals surface area contributed by atoms with Crippen molar-refractivity contribution in [3.63, 3.8) is 0 Å². The summed E-state index contributed by atoms with van der Waals surface area (Å²) in [6.07, 6.45) is 0.521. The Balaban J connectivity index is 1.99. The monoisotopic (exact) mass is 392 g/mol. The zero-order valence-corrected chi connectivity index (χ0v) is 16.2. The number of benzene rings is 2. The van der Waals surface area contributed by atoms with Crippen LogP contribution in [0.5, 0.6) is 5.75 Å². The van der Waals surface area contributed by atoms with Gasteiger partial charge in [0.15, 0.2) is 0 Å². The number of sulfonamides is 1. The molecular weight excluding hydrogens is 368 g/mol. The Morgan fingerprint density at radius 1 is 1.04 bits per heavy atom. The number of amides is 1. The first-order valence-electron chi connectivity index (χ1n) is 8.46. The summed E-state index contributed by atoms with van der Waals surface area (Å²) in [4.78, 5) is 12.1. The molecule has 27 heavy (non-hydrogen) atoms. The van der Waals surface area contributed by atoms with Crippen LogP contribution >= 0.6 is 0 Å². The normalized spacial score (nSPS) is 11.2. The summed E-state index contributed by atoms with van der Waals surface area (Å²) in [5.74, 6) is 0.378. The fourth-order valence-electron chi connectivity index (χ4n) is 2.41. The molecule has 2 rings (SSSR count). The van der Waals surface area contributed by atoms with Gasteiger partial charge in [0, 0.05) is 25.8 Å². The predicted octanol–water partition coefficient (Wildman–Crippen LogP) is 1.59. The quantitative estimate of drug-likeness (QED) is 0.599. The Labute approximate surface area is 159 Å². The number of methoxy groups -OCH3 is 2. The van der Waals surface area contributed by atoms with Crippen molar-refractivity contribution in [3.05, 3.63) is 59.7 Å². The average Bonchev–Trinajstić information content (AvgIpc) is 2.68. The van der Waals surface area contributed by atoms with Crippen LogP contribution in [0.3, 0.4) is 0 Å². The SMILES string of the molecule is COCCNC(=O)c1cccc(S(=O)(=O)NCCc2cccc(OC)c2)c1. The van der Waals surface area contributed by atoms with E-state index in [0.29, 0.717) is 19.6 Å². The van der Waals surface area contributed by atoms with Gasteiger partial charge in [0.25, 0.3) is 5.91 Å². The minimum absolute atomic E-state index is 0.0486. The first kappa shape index (κ1) is 20.9. The topological polar surface area (TPSA) is 93.7 Å². The standard InChI is InChI=1S/C19H24N2O5S/c1-25-12-11-20-19(22)16-6-4-8-18(14-16)27(23,24)21-10-9-15-5-3-7-17(13-15)26-2/h3-8,13-14,21H,9-12H2,1-2H3,(H,20,22). The van der Waals surface area contributed by atoms with Gasteiger partial charge in [-0.1, -0.05) is 18.2 Å². The summed E-state index contributed by atoms with van der Waals surface area (Å²) in [6, 6.07) is 13.4. The lowest BCUT2D eigenvalue weighted by Crippen LogP contribution is -2.28. The van der Waals surface area contributed by atoms with E-state index in [0.717, 1.165) is 11.3 Å². The molecule has 0 unspecified atom stereocenters. The molecule has 0 heterocycles. The molecule has 0 aliphatic carbocycles. The number of ether oxygens (including phenoxy) is 2. The molecule has 0 aromatic heterocycles. The molecule has 0 aliphatic rings. The average molecular weight is 392 g/mol. The zero-order valence-electron chi connectivity index (χ0n) is 15.4. The molecule has 7 nitrogen and oxygen atoms in total. The van der Waals surface area contributed by atoms with Crippen molar-refractivity contribution in [2.75, 3.05) is 33.9 Å². The second-order valence-electron chi connectivity index (χ2n) is 5.78. The van der Waals surface area contributed by atoms with Gasteiger partial charge in [-0.3, -0.25) is 4.79 Å². The van der Waals surface area contributed by atoms with Crippen molar-refractivity contribution < 1.29 is 22.7 Å². The zero-order chi connectivity index (χ0) is 19.7.